The molecule has 0 aliphatic carbocycles. The minimum atomic E-state index is -4.49. The first-order valence-corrected chi connectivity index (χ1v) is 12.4. The summed E-state index contributed by atoms with van der Waals surface area (Å²) in [6, 6.07) is 6.97. The number of aromatic nitrogens is 1. The van der Waals surface area contributed by atoms with Gasteiger partial charge in [0.2, 0.25) is 0 Å². The Balaban J connectivity index is 2.03. The molecule has 192 valence electrons. The van der Waals surface area contributed by atoms with Crippen molar-refractivity contribution < 1.29 is 35.3 Å². The summed E-state index contributed by atoms with van der Waals surface area (Å²) in [4.78, 5) is 15.6. The number of nitrogens with one attached hydrogen (secondary N) is 1. The zero-order valence-electron chi connectivity index (χ0n) is 20.1. The lowest BCUT2D eigenvalue weighted by Crippen LogP contribution is -2.16. The Morgan fingerprint density at radius 1 is 1.00 bits per heavy atom. The van der Waals surface area contributed by atoms with Gasteiger partial charge >= 0.3 is 16.1 Å². The minimum Gasteiger partial charge on any atom is -0.466 e. The van der Waals surface area contributed by atoms with Crippen LogP contribution in [0.3, 0.4) is 0 Å². The van der Waals surface area contributed by atoms with Gasteiger partial charge in [-0.2, -0.15) is 13.4 Å². The molecule has 0 atom stereocenters. The smallest absolute Gasteiger partial charge is 0.341 e. The van der Waals surface area contributed by atoms with E-state index in [0.29, 0.717) is 17.2 Å². The number of hydrogen-bond acceptors (Lipinski definition) is 7. The lowest BCUT2D eigenvalue weighted by atomic mass is 10.1. The summed E-state index contributed by atoms with van der Waals surface area (Å²) < 4.78 is 78.6. The first-order chi connectivity index (χ1) is 16.9. The molecule has 0 saturated carbocycles. The Labute approximate surface area is 207 Å². The average molecular weight is 523 g/mol. The normalized spacial score (nSPS) is 11.3. The number of carbonyl (C=O) groups excluding carboxylic acids is 1. The van der Waals surface area contributed by atoms with Gasteiger partial charge in [0.25, 0.3) is 5.88 Å². The van der Waals surface area contributed by atoms with Crippen molar-refractivity contribution in [1.82, 2.24) is 4.98 Å². The molecule has 1 heterocycles. The van der Waals surface area contributed by atoms with Gasteiger partial charge in [-0.1, -0.05) is 17.7 Å². The van der Waals surface area contributed by atoms with Crippen molar-refractivity contribution in [2.24, 2.45) is 0 Å². The standard InChI is InChI=1S/C25H25F3N2O5S/c1-5-34-22(31)9-6-17-12-20(28)25(30-24(17)29-21-8-7-18(26)13-19(21)27)35-36(32,33)23-15(3)10-14(2)11-16(23)4/h7-8,10-13H,5-6,9H2,1-4H3,(H,29,30). The molecule has 1 N–H and O–H groups in total. The highest BCUT2D eigenvalue weighted by Gasteiger charge is 2.26. The number of anilines is 2. The highest BCUT2D eigenvalue weighted by atomic mass is 32.2. The number of esters is 1. The number of carbonyl (C=O) groups is 1. The van der Waals surface area contributed by atoms with E-state index in [2.05, 4.69) is 10.3 Å². The molecule has 0 fully saturated rings. The summed E-state index contributed by atoms with van der Waals surface area (Å²) in [6.07, 6.45) is -0.201. The molecule has 3 rings (SSSR count). The van der Waals surface area contributed by atoms with Gasteiger partial charge in [-0.3, -0.25) is 4.79 Å². The third kappa shape index (κ3) is 6.34. The molecule has 0 saturated heterocycles. The molecule has 0 radical (unpaired) electrons. The fourth-order valence-corrected chi connectivity index (χ4v) is 5.08. The molecular weight excluding hydrogens is 497 g/mol. The molecule has 0 bridgehead atoms. The van der Waals surface area contributed by atoms with E-state index < -0.39 is 39.4 Å². The Morgan fingerprint density at radius 3 is 2.28 bits per heavy atom. The number of ether oxygens (including phenoxy) is 1. The van der Waals surface area contributed by atoms with E-state index in [4.69, 9.17) is 8.92 Å². The molecule has 3 aromatic rings. The van der Waals surface area contributed by atoms with Gasteiger partial charge in [0.15, 0.2) is 5.82 Å². The summed E-state index contributed by atoms with van der Waals surface area (Å²) >= 11 is 0. The fraction of sp³-hybridized carbons (Fsp3) is 0.280. The first-order valence-electron chi connectivity index (χ1n) is 11.0. The maximum atomic E-state index is 15.0. The number of pyridine rings is 1. The Morgan fingerprint density at radius 2 is 1.67 bits per heavy atom. The molecule has 1 aromatic heterocycles. The number of aryl methyl sites for hydroxylation is 4. The van der Waals surface area contributed by atoms with Crippen molar-refractivity contribution >= 4 is 27.6 Å². The van der Waals surface area contributed by atoms with E-state index >= 15 is 0 Å². The maximum absolute atomic E-state index is 15.0. The number of nitrogens with zero attached hydrogens (tertiary/aromatic N) is 1. The van der Waals surface area contributed by atoms with Gasteiger partial charge < -0.3 is 14.2 Å². The number of rotatable bonds is 9. The molecule has 0 aliphatic rings. The highest BCUT2D eigenvalue weighted by Crippen LogP contribution is 2.31. The van der Waals surface area contributed by atoms with E-state index in [-0.39, 0.29) is 41.4 Å². The lowest BCUT2D eigenvalue weighted by Gasteiger charge is -2.16. The van der Waals surface area contributed by atoms with Crippen LogP contribution in [0.5, 0.6) is 5.88 Å². The molecule has 7 nitrogen and oxygen atoms in total. The third-order valence-corrected chi connectivity index (χ3v) is 6.68. The van der Waals surface area contributed by atoms with Gasteiger partial charge in [0, 0.05) is 12.5 Å². The molecule has 0 amide bonds. The van der Waals surface area contributed by atoms with Gasteiger partial charge in [-0.15, -0.1) is 0 Å². The first kappa shape index (κ1) is 27.0. The second-order valence-electron chi connectivity index (χ2n) is 8.10. The van der Waals surface area contributed by atoms with E-state index in [0.717, 1.165) is 23.8 Å². The molecule has 11 heteroatoms. The van der Waals surface area contributed by atoms with Crippen LogP contribution < -0.4 is 9.50 Å². The van der Waals surface area contributed by atoms with Gasteiger partial charge in [0.1, 0.15) is 22.3 Å². The summed E-state index contributed by atoms with van der Waals surface area (Å²) in [5.41, 5.74) is 1.58. The average Bonchev–Trinajstić information content (AvgIpc) is 2.75. The van der Waals surface area contributed by atoms with Crippen LogP contribution >= 0.6 is 0 Å². The van der Waals surface area contributed by atoms with E-state index in [9.17, 15) is 26.4 Å². The predicted molar refractivity (Wildman–Crippen MR) is 127 cm³/mol. The van der Waals surface area contributed by atoms with Crippen LogP contribution in [0.2, 0.25) is 0 Å². The molecular formula is C25H25F3N2O5S. The Hall–Kier alpha value is -3.60. The third-order valence-electron chi connectivity index (χ3n) is 5.15. The van der Waals surface area contributed by atoms with Gasteiger partial charge in [-0.05, 0) is 69.0 Å². The van der Waals surface area contributed by atoms with Gasteiger partial charge in [0.05, 0.1) is 12.3 Å². The van der Waals surface area contributed by atoms with Crippen LogP contribution in [-0.2, 0) is 26.1 Å². The van der Waals surface area contributed by atoms with Crippen molar-refractivity contribution in [3.63, 3.8) is 0 Å². The monoisotopic (exact) mass is 522 g/mol. The molecule has 0 aliphatic heterocycles. The summed E-state index contributed by atoms with van der Waals surface area (Å²) in [6.45, 7) is 6.76. The van der Waals surface area contributed by atoms with E-state index in [1.54, 1.807) is 39.8 Å². The maximum Gasteiger partial charge on any atom is 0.341 e. The molecule has 0 unspecified atom stereocenters. The van der Waals surface area contributed by atoms with Crippen molar-refractivity contribution in [1.29, 1.82) is 0 Å². The van der Waals surface area contributed by atoms with E-state index in [1.165, 1.54) is 0 Å². The van der Waals surface area contributed by atoms with Crippen LogP contribution in [0, 0.1) is 38.2 Å². The zero-order chi connectivity index (χ0) is 26.6. The largest absolute Gasteiger partial charge is 0.466 e. The minimum absolute atomic E-state index is 0.0584. The molecule has 0 spiro atoms. The van der Waals surface area contributed by atoms with Crippen LogP contribution in [0.1, 0.15) is 35.6 Å². The number of halogens is 3. The zero-order valence-corrected chi connectivity index (χ0v) is 20.9. The summed E-state index contributed by atoms with van der Waals surface area (Å²) in [5.74, 6) is -4.48. The van der Waals surface area contributed by atoms with Crippen LogP contribution in [-0.4, -0.2) is 26.0 Å². The topological polar surface area (TPSA) is 94.6 Å². The SMILES string of the molecule is CCOC(=O)CCc1cc(F)c(OS(=O)(=O)c2c(C)cc(C)cc2C)nc1Nc1ccc(F)cc1F. The Kier molecular flexibility index (Phi) is 8.24. The Bertz CT molecular complexity index is 1390. The van der Waals surface area contributed by atoms with Crippen molar-refractivity contribution in [2.75, 3.05) is 11.9 Å². The van der Waals surface area contributed by atoms with Crippen LogP contribution in [0.15, 0.2) is 41.3 Å². The fourth-order valence-electron chi connectivity index (χ4n) is 3.76. The van der Waals surface area contributed by atoms with Crippen molar-refractivity contribution in [3.05, 3.63) is 76.1 Å². The summed E-state index contributed by atoms with van der Waals surface area (Å²) in [7, 11) is -4.49. The van der Waals surface area contributed by atoms with Crippen molar-refractivity contribution in [2.45, 2.75) is 45.4 Å². The van der Waals surface area contributed by atoms with E-state index in [1.807, 2.05) is 0 Å². The lowest BCUT2D eigenvalue weighted by molar-refractivity contribution is -0.143. The molecule has 2 aromatic carbocycles. The summed E-state index contributed by atoms with van der Waals surface area (Å²) in [5, 5.41) is 2.60. The second kappa shape index (κ2) is 11.0. The quantitative estimate of drug-likeness (QED) is 0.296. The molecule has 36 heavy (non-hydrogen) atoms. The van der Waals surface area contributed by atoms with Crippen molar-refractivity contribution in [3.8, 4) is 5.88 Å². The number of benzene rings is 2. The van der Waals surface area contributed by atoms with Gasteiger partial charge in [-0.25, -0.2) is 13.2 Å². The number of hydrogen-bond donors (Lipinski definition) is 1. The predicted octanol–water partition coefficient (Wildman–Crippen LogP) is 5.43. The highest BCUT2D eigenvalue weighted by molar-refractivity contribution is 7.87. The van der Waals surface area contributed by atoms with Crippen LogP contribution in [0.25, 0.3) is 0 Å². The second-order valence-corrected chi connectivity index (χ2v) is 9.59. The van der Waals surface area contributed by atoms with Crippen LogP contribution in [0.4, 0.5) is 24.7 Å².